The summed E-state index contributed by atoms with van der Waals surface area (Å²) >= 11 is 1.85. The van der Waals surface area contributed by atoms with Crippen LogP contribution in [-0.2, 0) is 15.7 Å². The Morgan fingerprint density at radius 3 is 1.58 bits per heavy atom. The molecule has 1 heterocycles. The van der Waals surface area contributed by atoms with E-state index in [-0.39, 0.29) is 10.9 Å². The zero-order valence-corrected chi connectivity index (χ0v) is 17.7. The number of carboxylic acids is 1. The van der Waals surface area contributed by atoms with Crippen molar-refractivity contribution < 1.29 is 23.1 Å². The van der Waals surface area contributed by atoms with Crippen LogP contribution in [0.2, 0.25) is 0 Å². The molecule has 0 unspecified atom stereocenters. The molecule has 2 nitrogen and oxygen atoms in total. The lowest BCUT2D eigenvalue weighted by Gasteiger charge is -2.05. The van der Waals surface area contributed by atoms with E-state index in [0.717, 1.165) is 0 Å². The fourth-order valence-corrected chi connectivity index (χ4v) is 6.28. The number of hydrogen-bond donors (Lipinski definition) is 0. The normalized spacial score (nSPS) is 11.0. The summed E-state index contributed by atoms with van der Waals surface area (Å²) in [6.45, 7) is 0. The van der Waals surface area contributed by atoms with Crippen molar-refractivity contribution in [3.63, 3.8) is 0 Å². The summed E-state index contributed by atoms with van der Waals surface area (Å²) in [5, 5.41) is 11.1. The predicted octanol–water partition coefficient (Wildman–Crippen LogP) is 5.81. The van der Waals surface area contributed by atoms with Crippen LogP contribution in [0.15, 0.2) is 116 Å². The van der Waals surface area contributed by atoms with Gasteiger partial charge in [-0.1, -0.05) is 78.1 Å². The molecule has 7 heteroatoms. The van der Waals surface area contributed by atoms with Crippen molar-refractivity contribution in [2.24, 2.45) is 0 Å². The lowest BCUT2D eigenvalue weighted by Crippen LogP contribution is -2.37. The number of carboxylic acid groups (broad SMARTS) is 1. The smallest absolute Gasteiger partial charge is 0.430 e. The van der Waals surface area contributed by atoms with Gasteiger partial charge in [-0.25, -0.2) is 0 Å². The molecule has 0 radical (unpaired) electrons. The Hall–Kier alpha value is -3.03. The highest BCUT2D eigenvalue weighted by atomic mass is 32.2. The molecule has 0 atom stereocenters. The van der Waals surface area contributed by atoms with Crippen LogP contribution in [0.25, 0.3) is 11.1 Å². The van der Waals surface area contributed by atoms with Crippen LogP contribution in [0.1, 0.15) is 0 Å². The van der Waals surface area contributed by atoms with E-state index >= 15 is 0 Å². The average Bonchev–Trinajstić information content (AvgIpc) is 3.26. The molecule has 0 aliphatic carbocycles. The average molecular weight is 459 g/mol. The molecule has 0 spiro atoms. The van der Waals surface area contributed by atoms with Gasteiger partial charge in [0.1, 0.15) is 16.9 Å². The maximum absolute atomic E-state index is 10.5. The van der Waals surface area contributed by atoms with Gasteiger partial charge in [0.25, 0.3) is 0 Å². The Morgan fingerprint density at radius 2 is 1.16 bits per heavy atom. The third kappa shape index (κ3) is 6.23. The number of rotatable bonds is 4. The third-order valence-corrected chi connectivity index (χ3v) is 7.59. The van der Waals surface area contributed by atoms with Crippen molar-refractivity contribution in [1.82, 2.24) is 0 Å². The Morgan fingerprint density at radius 1 is 0.742 bits per heavy atom. The zero-order valence-electron chi connectivity index (χ0n) is 16.1. The Bertz CT molecular complexity index is 1060. The number of alkyl halides is 3. The summed E-state index contributed by atoms with van der Waals surface area (Å²) in [6, 6.07) is 34.6. The second kappa shape index (κ2) is 10.3. The summed E-state index contributed by atoms with van der Waals surface area (Å²) in [7, 11) is -0.0491. The van der Waals surface area contributed by atoms with Gasteiger partial charge in [0.05, 0.1) is 0 Å². The molecule has 158 valence electrons. The Balaban J connectivity index is 0.000000339. The van der Waals surface area contributed by atoms with Crippen molar-refractivity contribution in [3.05, 3.63) is 102 Å². The second-order valence-corrected chi connectivity index (χ2v) is 9.40. The van der Waals surface area contributed by atoms with Gasteiger partial charge in [0, 0.05) is 11.4 Å². The van der Waals surface area contributed by atoms with Crippen LogP contribution in [0.3, 0.4) is 0 Å². The van der Waals surface area contributed by atoms with Gasteiger partial charge in [0.15, 0.2) is 9.79 Å². The number of halogens is 3. The summed E-state index contributed by atoms with van der Waals surface area (Å²) < 4.78 is 33.0. The summed E-state index contributed by atoms with van der Waals surface area (Å²) in [4.78, 5) is 11.5. The molecule has 4 aromatic rings. The molecule has 0 N–H and O–H groups in total. The largest absolute Gasteiger partial charge is 0.542 e. The second-order valence-electron chi connectivity index (χ2n) is 6.24. The van der Waals surface area contributed by atoms with Crippen LogP contribution in [0.5, 0.6) is 0 Å². The number of hydrogen-bond acceptors (Lipinski definition) is 3. The van der Waals surface area contributed by atoms with Crippen LogP contribution < -0.4 is 5.11 Å². The topological polar surface area (TPSA) is 40.1 Å². The highest BCUT2D eigenvalue weighted by Crippen LogP contribution is 2.37. The molecule has 3 aromatic carbocycles. The monoisotopic (exact) mass is 458 g/mol. The first-order valence-corrected chi connectivity index (χ1v) is 11.2. The minimum absolute atomic E-state index is 0.0491. The SMILES string of the molecule is O=C([O-])C(F)(F)F.c1ccc(-c2csc([S+](c3ccccc3)c3ccccc3)c2)cc1. The number of thiophene rings is 1. The lowest BCUT2D eigenvalue weighted by atomic mass is 10.1. The lowest BCUT2D eigenvalue weighted by molar-refractivity contribution is -0.344. The highest BCUT2D eigenvalue weighted by Gasteiger charge is 2.30. The van der Waals surface area contributed by atoms with Crippen LogP contribution in [-0.4, -0.2) is 12.1 Å². The first-order valence-electron chi connectivity index (χ1n) is 9.13. The molecule has 0 saturated carbocycles. The molecule has 1 aromatic heterocycles. The van der Waals surface area contributed by atoms with Gasteiger partial charge in [-0.15, -0.1) is 0 Å². The van der Waals surface area contributed by atoms with E-state index < -0.39 is 12.1 Å². The predicted molar refractivity (Wildman–Crippen MR) is 116 cm³/mol. The van der Waals surface area contributed by atoms with Crippen LogP contribution >= 0.6 is 11.3 Å². The van der Waals surface area contributed by atoms with Crippen molar-refractivity contribution in [2.45, 2.75) is 20.2 Å². The summed E-state index contributed by atoms with van der Waals surface area (Å²) in [6.07, 6.45) is -5.19. The minimum Gasteiger partial charge on any atom is -0.542 e. The molecule has 0 aliphatic heterocycles. The van der Waals surface area contributed by atoms with E-state index in [1.54, 1.807) is 0 Å². The van der Waals surface area contributed by atoms with Crippen molar-refractivity contribution in [3.8, 4) is 11.1 Å². The van der Waals surface area contributed by atoms with E-state index in [2.05, 4.69) is 102 Å². The van der Waals surface area contributed by atoms with Crippen LogP contribution in [0, 0.1) is 0 Å². The quantitative estimate of drug-likeness (QED) is 0.362. The first kappa shape index (κ1) is 22.7. The minimum atomic E-state index is -5.19. The van der Waals surface area contributed by atoms with Crippen molar-refractivity contribution >= 4 is 28.2 Å². The maximum Gasteiger partial charge on any atom is 0.430 e. The zero-order chi connectivity index (χ0) is 22.3. The third-order valence-electron chi connectivity index (χ3n) is 4.07. The fraction of sp³-hybridized carbons (Fsp3) is 0.0417. The number of benzene rings is 3. The molecule has 4 rings (SSSR count). The standard InChI is InChI=1S/C22H17S2.C2HF3O2/c1-4-10-18(11-5-1)19-16-22(23-17-19)24(20-12-6-2-7-13-20)21-14-8-3-9-15-21;3-2(4,5)1(6)7/h1-17H;(H,6,7)/q+1;/p-1. The van der Waals surface area contributed by atoms with E-state index in [1.165, 1.54) is 25.1 Å². The highest BCUT2D eigenvalue weighted by molar-refractivity contribution is 7.98. The van der Waals surface area contributed by atoms with Gasteiger partial charge in [-0.05, 0) is 35.4 Å². The van der Waals surface area contributed by atoms with E-state index in [1.807, 2.05) is 11.3 Å². The van der Waals surface area contributed by atoms with Crippen LogP contribution in [0.4, 0.5) is 13.2 Å². The summed E-state index contributed by atoms with van der Waals surface area (Å²) in [5.41, 5.74) is 2.59. The number of aliphatic carboxylic acids is 1. The molecule has 0 aliphatic rings. The van der Waals surface area contributed by atoms with Gasteiger partial charge >= 0.3 is 6.18 Å². The van der Waals surface area contributed by atoms with Crippen molar-refractivity contribution in [1.29, 1.82) is 0 Å². The van der Waals surface area contributed by atoms with Gasteiger partial charge < -0.3 is 9.90 Å². The van der Waals surface area contributed by atoms with E-state index in [4.69, 9.17) is 9.90 Å². The van der Waals surface area contributed by atoms with E-state index in [9.17, 15) is 13.2 Å². The van der Waals surface area contributed by atoms with Crippen molar-refractivity contribution in [2.75, 3.05) is 0 Å². The fourth-order valence-electron chi connectivity index (χ4n) is 2.69. The molecule has 0 amide bonds. The molecule has 0 fully saturated rings. The Kier molecular flexibility index (Phi) is 7.55. The van der Waals surface area contributed by atoms with Gasteiger partial charge in [-0.2, -0.15) is 13.2 Å². The molecule has 0 saturated heterocycles. The number of carbonyl (C=O) groups is 1. The molecular weight excluding hydrogens is 441 g/mol. The van der Waals surface area contributed by atoms with Gasteiger partial charge in [0.2, 0.25) is 4.21 Å². The summed E-state index contributed by atoms with van der Waals surface area (Å²) in [5.74, 6) is -3.01. The molecule has 0 bridgehead atoms. The number of carbonyl (C=O) groups excluding carboxylic acids is 1. The molecular formula is C24H17F3O2S2. The Labute approximate surface area is 185 Å². The van der Waals surface area contributed by atoms with Gasteiger partial charge in [-0.3, -0.25) is 0 Å². The maximum atomic E-state index is 10.5. The first-order chi connectivity index (χ1) is 14.9. The van der Waals surface area contributed by atoms with E-state index in [0.29, 0.717) is 0 Å². The molecule has 31 heavy (non-hydrogen) atoms.